The lowest BCUT2D eigenvalue weighted by Crippen LogP contribution is -2.15. The number of benzene rings is 1. The molecule has 1 heterocycles. The van der Waals surface area contributed by atoms with Gasteiger partial charge in [-0.05, 0) is 18.2 Å². The molecule has 7 nitrogen and oxygen atoms in total. The molecule has 0 spiro atoms. The smallest absolute Gasteiger partial charge is 0.335 e. The molecule has 0 amide bonds. The number of hydrogen-bond donors (Lipinski definition) is 2. The number of halogens is 1. The van der Waals surface area contributed by atoms with Gasteiger partial charge in [-0.1, -0.05) is 11.3 Å². The van der Waals surface area contributed by atoms with Crippen LogP contribution in [0, 0.1) is 5.82 Å². The zero-order valence-electron chi connectivity index (χ0n) is 9.07. The van der Waals surface area contributed by atoms with Gasteiger partial charge < -0.3 is 5.11 Å². The summed E-state index contributed by atoms with van der Waals surface area (Å²) in [5, 5.41) is 15.6. The van der Waals surface area contributed by atoms with Crippen LogP contribution in [0.4, 0.5) is 9.52 Å². The molecular weight excluding hydrogens is 297 g/mol. The van der Waals surface area contributed by atoms with E-state index in [0.29, 0.717) is 0 Å². The van der Waals surface area contributed by atoms with Crippen molar-refractivity contribution in [2.75, 3.05) is 4.72 Å². The van der Waals surface area contributed by atoms with E-state index in [1.165, 1.54) is 5.51 Å². The predicted molar refractivity (Wildman–Crippen MR) is 64.1 cm³/mol. The monoisotopic (exact) mass is 303 g/mol. The Balaban J connectivity index is 2.45. The third kappa shape index (κ3) is 2.85. The second kappa shape index (κ2) is 4.90. The van der Waals surface area contributed by atoms with E-state index in [1.54, 1.807) is 0 Å². The maximum absolute atomic E-state index is 13.5. The summed E-state index contributed by atoms with van der Waals surface area (Å²) in [5.41, 5.74) is 0.959. The van der Waals surface area contributed by atoms with E-state index in [0.717, 1.165) is 29.5 Å². The van der Waals surface area contributed by atoms with Gasteiger partial charge >= 0.3 is 5.97 Å². The average Bonchev–Trinajstić information content (AvgIpc) is 2.81. The molecule has 0 aliphatic carbocycles. The zero-order chi connectivity index (χ0) is 14.0. The van der Waals surface area contributed by atoms with Crippen molar-refractivity contribution in [1.29, 1.82) is 0 Å². The molecule has 0 unspecified atom stereocenters. The Morgan fingerprint density at radius 3 is 2.74 bits per heavy atom. The highest BCUT2D eigenvalue weighted by Crippen LogP contribution is 2.20. The molecule has 1 aromatic carbocycles. The summed E-state index contributed by atoms with van der Waals surface area (Å²) in [6, 6.07) is 2.49. The predicted octanol–water partition coefficient (Wildman–Crippen LogP) is 1.18. The Hall–Kier alpha value is -2.07. The van der Waals surface area contributed by atoms with Gasteiger partial charge in [-0.2, -0.15) is 0 Å². The van der Waals surface area contributed by atoms with Gasteiger partial charge in [0.2, 0.25) is 5.13 Å². The Labute approximate surface area is 110 Å². The van der Waals surface area contributed by atoms with Crippen LogP contribution in [0.3, 0.4) is 0 Å². The van der Waals surface area contributed by atoms with Crippen molar-refractivity contribution >= 4 is 32.5 Å². The van der Waals surface area contributed by atoms with Crippen LogP contribution >= 0.6 is 11.3 Å². The molecule has 0 fully saturated rings. The highest BCUT2D eigenvalue weighted by atomic mass is 32.2. The number of aromatic nitrogens is 2. The van der Waals surface area contributed by atoms with Crippen molar-refractivity contribution in [1.82, 2.24) is 10.2 Å². The third-order valence-electron chi connectivity index (χ3n) is 2.05. The summed E-state index contributed by atoms with van der Waals surface area (Å²) in [4.78, 5) is 9.99. The molecule has 10 heteroatoms. The highest BCUT2D eigenvalue weighted by molar-refractivity contribution is 7.93. The SMILES string of the molecule is O=C(O)c1ccc(F)c(S(=O)(=O)Nc2nncs2)c1. The van der Waals surface area contributed by atoms with Crippen molar-refractivity contribution in [2.45, 2.75) is 4.90 Å². The fourth-order valence-corrected chi connectivity index (χ4v) is 3.03. The normalized spacial score (nSPS) is 11.2. The largest absolute Gasteiger partial charge is 0.478 e. The van der Waals surface area contributed by atoms with Crippen molar-refractivity contribution in [3.63, 3.8) is 0 Å². The molecule has 2 rings (SSSR count). The molecule has 0 bridgehead atoms. The number of nitrogens with zero attached hydrogens (tertiary/aromatic N) is 2. The summed E-state index contributed by atoms with van der Waals surface area (Å²) in [7, 11) is -4.25. The number of anilines is 1. The molecule has 0 saturated heterocycles. The molecule has 0 aliphatic rings. The first-order chi connectivity index (χ1) is 8.90. The van der Waals surface area contributed by atoms with E-state index in [2.05, 4.69) is 10.2 Å². The topological polar surface area (TPSA) is 109 Å². The molecule has 0 aliphatic heterocycles. The summed E-state index contributed by atoms with van der Waals surface area (Å²) in [6.07, 6.45) is 0. The molecule has 0 atom stereocenters. The Morgan fingerprint density at radius 2 is 2.16 bits per heavy atom. The van der Waals surface area contributed by atoms with Crippen LogP contribution in [-0.4, -0.2) is 29.7 Å². The van der Waals surface area contributed by atoms with Gasteiger partial charge in [0.15, 0.2) is 0 Å². The fraction of sp³-hybridized carbons (Fsp3) is 0. The van der Waals surface area contributed by atoms with Gasteiger partial charge in [0.05, 0.1) is 5.56 Å². The van der Waals surface area contributed by atoms with E-state index in [9.17, 15) is 17.6 Å². The van der Waals surface area contributed by atoms with E-state index in [4.69, 9.17) is 5.11 Å². The minimum Gasteiger partial charge on any atom is -0.478 e. The molecule has 2 aromatic rings. The van der Waals surface area contributed by atoms with E-state index in [1.807, 2.05) is 4.72 Å². The zero-order valence-corrected chi connectivity index (χ0v) is 10.7. The van der Waals surface area contributed by atoms with Crippen LogP contribution < -0.4 is 4.72 Å². The van der Waals surface area contributed by atoms with Gasteiger partial charge in [0, 0.05) is 0 Å². The van der Waals surface area contributed by atoms with Crippen molar-refractivity contribution < 1.29 is 22.7 Å². The third-order valence-corrected chi connectivity index (χ3v) is 4.14. The first kappa shape index (κ1) is 13.4. The summed E-state index contributed by atoms with van der Waals surface area (Å²) >= 11 is 0.910. The molecule has 0 radical (unpaired) electrons. The van der Waals surface area contributed by atoms with Gasteiger partial charge in [-0.25, -0.2) is 17.6 Å². The summed E-state index contributed by atoms with van der Waals surface area (Å²) < 4.78 is 39.3. The lowest BCUT2D eigenvalue weighted by Gasteiger charge is -2.06. The van der Waals surface area contributed by atoms with Crippen LogP contribution in [0.15, 0.2) is 28.6 Å². The van der Waals surface area contributed by atoms with Crippen LogP contribution in [-0.2, 0) is 10.0 Å². The Bertz CT molecular complexity index is 715. The van der Waals surface area contributed by atoms with Gasteiger partial charge in [-0.15, -0.1) is 10.2 Å². The number of carbonyl (C=O) groups is 1. The standard InChI is InChI=1S/C9H6FN3O4S2/c10-6-2-1-5(8(14)15)3-7(6)19(16,17)13-9-12-11-4-18-9/h1-4H,(H,12,13)(H,14,15). The van der Waals surface area contributed by atoms with E-state index >= 15 is 0 Å². The quantitative estimate of drug-likeness (QED) is 0.877. The molecule has 100 valence electrons. The van der Waals surface area contributed by atoms with Crippen molar-refractivity contribution in [3.05, 3.63) is 35.1 Å². The number of sulfonamides is 1. The number of nitrogens with one attached hydrogen (secondary N) is 1. The maximum Gasteiger partial charge on any atom is 0.335 e. The number of carboxylic acid groups (broad SMARTS) is 1. The highest BCUT2D eigenvalue weighted by Gasteiger charge is 2.22. The van der Waals surface area contributed by atoms with Crippen LogP contribution in [0.5, 0.6) is 0 Å². The molecule has 19 heavy (non-hydrogen) atoms. The van der Waals surface area contributed by atoms with Crippen LogP contribution in [0.2, 0.25) is 0 Å². The lowest BCUT2D eigenvalue weighted by atomic mass is 10.2. The first-order valence-electron chi connectivity index (χ1n) is 4.72. The summed E-state index contributed by atoms with van der Waals surface area (Å²) in [5.74, 6) is -2.41. The van der Waals surface area contributed by atoms with E-state index in [-0.39, 0.29) is 10.7 Å². The van der Waals surface area contributed by atoms with Crippen molar-refractivity contribution in [3.8, 4) is 0 Å². The van der Waals surface area contributed by atoms with Crippen LogP contribution in [0.1, 0.15) is 10.4 Å². The fourth-order valence-electron chi connectivity index (χ4n) is 1.23. The molecular formula is C9H6FN3O4S2. The van der Waals surface area contributed by atoms with Crippen molar-refractivity contribution in [2.24, 2.45) is 0 Å². The Morgan fingerprint density at radius 1 is 1.42 bits per heavy atom. The maximum atomic E-state index is 13.5. The second-order valence-electron chi connectivity index (χ2n) is 3.30. The van der Waals surface area contributed by atoms with Crippen LogP contribution in [0.25, 0.3) is 0 Å². The first-order valence-corrected chi connectivity index (χ1v) is 7.08. The number of carboxylic acids is 1. The molecule has 2 N–H and O–H groups in total. The lowest BCUT2D eigenvalue weighted by molar-refractivity contribution is 0.0696. The number of aromatic carboxylic acids is 1. The number of hydrogen-bond acceptors (Lipinski definition) is 6. The average molecular weight is 303 g/mol. The number of rotatable bonds is 4. The van der Waals surface area contributed by atoms with Gasteiger partial charge in [-0.3, -0.25) is 4.72 Å². The Kier molecular flexibility index (Phi) is 3.44. The minimum absolute atomic E-state index is 0.0415. The van der Waals surface area contributed by atoms with E-state index < -0.39 is 26.7 Å². The minimum atomic E-state index is -4.25. The van der Waals surface area contributed by atoms with Gasteiger partial charge in [0.25, 0.3) is 10.0 Å². The molecule has 1 aromatic heterocycles. The van der Waals surface area contributed by atoms with Gasteiger partial charge in [0.1, 0.15) is 16.2 Å². The second-order valence-corrected chi connectivity index (χ2v) is 5.78. The molecule has 0 saturated carbocycles. The summed E-state index contributed by atoms with van der Waals surface area (Å²) in [6.45, 7) is 0.